The van der Waals surface area contributed by atoms with Crippen molar-refractivity contribution < 1.29 is 14.3 Å². The number of aldehydes is 1. The van der Waals surface area contributed by atoms with Gasteiger partial charge in [0.25, 0.3) is 5.91 Å². The quantitative estimate of drug-likeness (QED) is 0.586. The number of amides is 1. The zero-order valence-corrected chi connectivity index (χ0v) is 10.6. The summed E-state index contributed by atoms with van der Waals surface area (Å²) in [6, 6.07) is 3.98. The average Bonchev–Trinajstić information content (AvgIpc) is 2.27. The van der Waals surface area contributed by atoms with Crippen molar-refractivity contribution in [3.8, 4) is 5.75 Å². The van der Waals surface area contributed by atoms with E-state index in [-0.39, 0.29) is 0 Å². The number of hydrogen-bond acceptors (Lipinski definition) is 3. The number of aryl methyl sites for hydroxylation is 2. The summed E-state index contributed by atoms with van der Waals surface area (Å²) in [6.45, 7) is 4.30. The lowest BCUT2D eigenvalue weighted by atomic mass is 10.1. The van der Waals surface area contributed by atoms with Crippen LogP contribution in [-0.2, 0) is 16.1 Å². The highest BCUT2D eigenvalue weighted by Crippen LogP contribution is 2.25. The Morgan fingerprint density at radius 1 is 1.41 bits per heavy atom. The third-order valence-electron chi connectivity index (χ3n) is 2.58. The summed E-state index contributed by atoms with van der Waals surface area (Å²) in [5.41, 5.74) is 3.03. The number of hydrogen-bond donors (Lipinski definition) is 0. The van der Waals surface area contributed by atoms with Gasteiger partial charge in [-0.15, -0.1) is 0 Å². The van der Waals surface area contributed by atoms with Gasteiger partial charge in [0.05, 0.1) is 7.11 Å². The van der Waals surface area contributed by atoms with Gasteiger partial charge in [0.1, 0.15) is 5.75 Å². The van der Waals surface area contributed by atoms with Crippen LogP contribution in [-0.4, -0.2) is 31.3 Å². The molecule has 0 aromatic heterocycles. The van der Waals surface area contributed by atoms with E-state index in [9.17, 15) is 9.59 Å². The van der Waals surface area contributed by atoms with Crippen LogP contribution in [0.4, 0.5) is 0 Å². The monoisotopic (exact) mass is 235 g/mol. The fraction of sp³-hybridized carbons (Fsp3) is 0.385. The maximum atomic E-state index is 11.2. The van der Waals surface area contributed by atoms with Crippen molar-refractivity contribution in [1.29, 1.82) is 0 Å². The number of methoxy groups -OCH3 is 1. The molecule has 0 heterocycles. The van der Waals surface area contributed by atoms with Gasteiger partial charge in [-0.25, -0.2) is 0 Å². The zero-order valence-electron chi connectivity index (χ0n) is 10.6. The standard InChI is InChI=1S/C13H17NO3/c1-9-5-10(2)13(17-4)11(6-9)7-14(3)12(16)8-15/h5-6,8H,7H2,1-4H3. The predicted molar refractivity (Wildman–Crippen MR) is 65.0 cm³/mol. The highest BCUT2D eigenvalue weighted by Gasteiger charge is 2.13. The summed E-state index contributed by atoms with van der Waals surface area (Å²) in [5, 5.41) is 0. The van der Waals surface area contributed by atoms with E-state index in [0.29, 0.717) is 12.8 Å². The molecule has 4 heteroatoms. The predicted octanol–water partition coefficient (Wildman–Crippen LogP) is 1.47. The average molecular weight is 235 g/mol. The molecule has 1 amide bonds. The molecule has 17 heavy (non-hydrogen) atoms. The van der Waals surface area contributed by atoms with Crippen LogP contribution in [0.1, 0.15) is 16.7 Å². The van der Waals surface area contributed by atoms with E-state index in [2.05, 4.69) is 0 Å². The number of ether oxygens (including phenoxy) is 1. The normalized spacial score (nSPS) is 9.88. The minimum absolute atomic E-state index is 0.315. The van der Waals surface area contributed by atoms with Gasteiger partial charge in [-0.2, -0.15) is 0 Å². The van der Waals surface area contributed by atoms with E-state index in [0.717, 1.165) is 22.4 Å². The maximum absolute atomic E-state index is 11.2. The van der Waals surface area contributed by atoms with E-state index in [1.165, 1.54) is 4.90 Å². The fourth-order valence-corrected chi connectivity index (χ4v) is 1.88. The Bertz CT molecular complexity index is 441. The largest absolute Gasteiger partial charge is 0.496 e. The van der Waals surface area contributed by atoms with E-state index in [1.807, 2.05) is 26.0 Å². The first-order chi connectivity index (χ1) is 7.99. The maximum Gasteiger partial charge on any atom is 0.286 e. The first-order valence-corrected chi connectivity index (χ1v) is 5.34. The second kappa shape index (κ2) is 5.48. The number of carbonyl (C=O) groups is 2. The summed E-state index contributed by atoms with van der Waals surface area (Å²) >= 11 is 0. The van der Waals surface area contributed by atoms with Crippen molar-refractivity contribution in [2.45, 2.75) is 20.4 Å². The van der Waals surface area contributed by atoms with Crippen LogP contribution in [0, 0.1) is 13.8 Å². The van der Waals surface area contributed by atoms with E-state index < -0.39 is 5.91 Å². The Balaban J connectivity index is 3.04. The van der Waals surface area contributed by atoms with Crippen molar-refractivity contribution in [3.63, 3.8) is 0 Å². The Hall–Kier alpha value is -1.84. The molecule has 92 valence electrons. The lowest BCUT2D eigenvalue weighted by Crippen LogP contribution is -2.27. The number of benzene rings is 1. The van der Waals surface area contributed by atoms with Gasteiger partial charge in [-0.3, -0.25) is 9.59 Å². The Morgan fingerprint density at radius 2 is 2.06 bits per heavy atom. The van der Waals surface area contributed by atoms with Gasteiger partial charge >= 0.3 is 0 Å². The second-order valence-corrected chi connectivity index (χ2v) is 4.09. The molecule has 0 atom stereocenters. The molecule has 0 saturated carbocycles. The molecule has 0 saturated heterocycles. The van der Waals surface area contributed by atoms with E-state index >= 15 is 0 Å². The summed E-state index contributed by atoms with van der Waals surface area (Å²) in [6.07, 6.45) is 0.315. The molecule has 0 spiro atoms. The molecule has 1 aromatic carbocycles. The van der Waals surface area contributed by atoms with Crippen LogP contribution in [0.3, 0.4) is 0 Å². The summed E-state index contributed by atoms with van der Waals surface area (Å²) < 4.78 is 5.32. The molecule has 0 fully saturated rings. The molecule has 0 radical (unpaired) electrons. The zero-order chi connectivity index (χ0) is 13.0. The smallest absolute Gasteiger partial charge is 0.286 e. The molecule has 4 nitrogen and oxygen atoms in total. The van der Waals surface area contributed by atoms with Gasteiger partial charge in [0, 0.05) is 19.2 Å². The molecule has 0 unspecified atom stereocenters. The second-order valence-electron chi connectivity index (χ2n) is 4.09. The SMILES string of the molecule is COc1c(C)cc(C)cc1CN(C)C(=O)C=O. The van der Waals surface area contributed by atoms with Gasteiger partial charge in [0.2, 0.25) is 6.29 Å². The lowest BCUT2D eigenvalue weighted by Gasteiger charge is -2.18. The molecule has 1 aromatic rings. The summed E-state index contributed by atoms with van der Waals surface area (Å²) in [5.74, 6) is 0.229. The van der Waals surface area contributed by atoms with Gasteiger partial charge < -0.3 is 9.64 Å². The Kier molecular flexibility index (Phi) is 4.26. The summed E-state index contributed by atoms with van der Waals surface area (Å²) in [7, 11) is 3.19. The number of nitrogens with zero attached hydrogens (tertiary/aromatic N) is 1. The van der Waals surface area contributed by atoms with Crippen LogP contribution in [0.5, 0.6) is 5.75 Å². The molecule has 1 rings (SSSR count). The molecular weight excluding hydrogens is 218 g/mol. The van der Waals surface area contributed by atoms with E-state index in [1.54, 1.807) is 14.2 Å². The highest BCUT2D eigenvalue weighted by molar-refractivity contribution is 6.23. The minimum Gasteiger partial charge on any atom is -0.496 e. The van der Waals surface area contributed by atoms with Crippen LogP contribution in [0.2, 0.25) is 0 Å². The van der Waals surface area contributed by atoms with E-state index in [4.69, 9.17) is 4.74 Å². The molecular formula is C13H17NO3. The third kappa shape index (κ3) is 3.06. The molecule has 0 bridgehead atoms. The number of carbonyl (C=O) groups excluding carboxylic acids is 2. The first-order valence-electron chi connectivity index (χ1n) is 5.34. The van der Waals surface area contributed by atoms with Crippen LogP contribution >= 0.6 is 0 Å². The lowest BCUT2D eigenvalue weighted by molar-refractivity contribution is -0.138. The molecule has 0 aliphatic carbocycles. The van der Waals surface area contributed by atoms with Gasteiger partial charge in [-0.1, -0.05) is 17.7 Å². The van der Waals surface area contributed by atoms with Crippen molar-refractivity contribution in [1.82, 2.24) is 4.90 Å². The van der Waals surface area contributed by atoms with Crippen LogP contribution < -0.4 is 4.74 Å². The fourth-order valence-electron chi connectivity index (χ4n) is 1.88. The molecule has 0 aliphatic rings. The topological polar surface area (TPSA) is 46.6 Å². The van der Waals surface area contributed by atoms with Gasteiger partial charge in [0.15, 0.2) is 0 Å². The molecule has 0 aliphatic heterocycles. The third-order valence-corrected chi connectivity index (χ3v) is 2.58. The number of likely N-dealkylation sites (N-methyl/N-ethyl adjacent to an activating group) is 1. The highest BCUT2D eigenvalue weighted by atomic mass is 16.5. The molecule has 0 N–H and O–H groups in total. The van der Waals surface area contributed by atoms with Crippen molar-refractivity contribution in [3.05, 3.63) is 28.8 Å². The first kappa shape index (κ1) is 13.2. The Morgan fingerprint density at radius 3 is 2.59 bits per heavy atom. The van der Waals surface area contributed by atoms with Gasteiger partial charge in [-0.05, 0) is 19.4 Å². The summed E-state index contributed by atoms with van der Waals surface area (Å²) in [4.78, 5) is 23.0. The van der Waals surface area contributed by atoms with Crippen molar-refractivity contribution in [2.24, 2.45) is 0 Å². The van der Waals surface area contributed by atoms with Crippen molar-refractivity contribution >= 4 is 12.2 Å². The van der Waals surface area contributed by atoms with Crippen LogP contribution in [0.15, 0.2) is 12.1 Å². The Labute approximate surface area is 101 Å². The number of rotatable bonds is 4. The minimum atomic E-state index is -0.536. The van der Waals surface area contributed by atoms with Crippen molar-refractivity contribution in [2.75, 3.05) is 14.2 Å². The van der Waals surface area contributed by atoms with Crippen LogP contribution in [0.25, 0.3) is 0 Å².